The number of hydrogen-bond donors (Lipinski definition) is 4. The fourth-order valence-corrected chi connectivity index (χ4v) is 1.50. The van der Waals surface area contributed by atoms with Crippen LogP contribution in [0, 0.1) is 11.8 Å². The number of nitrogens with one attached hydrogen (secondary N) is 2. The van der Waals surface area contributed by atoms with Gasteiger partial charge in [-0.15, -0.1) is 0 Å². The number of amides is 2. The Hall–Kier alpha value is -1.30. The quantitative estimate of drug-likeness (QED) is 0.507. The summed E-state index contributed by atoms with van der Waals surface area (Å²) in [4.78, 5) is 22.0. The van der Waals surface area contributed by atoms with Crippen LogP contribution in [0.1, 0.15) is 19.8 Å². The number of carboxylic acid groups (broad SMARTS) is 1. The van der Waals surface area contributed by atoms with E-state index < -0.39 is 18.0 Å². The zero-order valence-electron chi connectivity index (χ0n) is 9.27. The normalized spacial score (nSPS) is 24.6. The zero-order chi connectivity index (χ0) is 12.1. The Labute approximate surface area is 94.0 Å². The molecule has 0 spiro atoms. The molecule has 6 nitrogen and oxygen atoms in total. The first-order chi connectivity index (χ1) is 7.54. The van der Waals surface area contributed by atoms with E-state index in [2.05, 4.69) is 17.6 Å². The van der Waals surface area contributed by atoms with Gasteiger partial charge in [-0.1, -0.05) is 6.92 Å². The van der Waals surface area contributed by atoms with E-state index in [1.54, 1.807) is 0 Å². The topological polar surface area (TPSA) is 98.7 Å². The molecular formula is C10H18N2O4. The van der Waals surface area contributed by atoms with Gasteiger partial charge in [0.1, 0.15) is 6.04 Å². The molecule has 0 aromatic rings. The lowest BCUT2D eigenvalue weighted by Gasteiger charge is -2.13. The maximum Gasteiger partial charge on any atom is 0.326 e. The van der Waals surface area contributed by atoms with E-state index in [-0.39, 0.29) is 13.0 Å². The summed E-state index contributed by atoms with van der Waals surface area (Å²) in [6, 6.07) is -1.51. The number of rotatable bonds is 6. The van der Waals surface area contributed by atoms with Gasteiger partial charge < -0.3 is 20.8 Å². The Balaban J connectivity index is 2.22. The molecule has 2 unspecified atom stereocenters. The number of aliphatic hydroxyl groups excluding tert-OH is 1. The van der Waals surface area contributed by atoms with Gasteiger partial charge in [0.05, 0.1) is 0 Å². The van der Waals surface area contributed by atoms with Crippen molar-refractivity contribution in [2.24, 2.45) is 11.8 Å². The summed E-state index contributed by atoms with van der Waals surface area (Å²) in [6.07, 6.45) is 1.13. The number of aliphatic hydroxyl groups is 1. The van der Waals surface area contributed by atoms with Crippen LogP contribution in [0.2, 0.25) is 0 Å². The minimum Gasteiger partial charge on any atom is -0.480 e. The van der Waals surface area contributed by atoms with Crippen LogP contribution in [-0.2, 0) is 4.79 Å². The van der Waals surface area contributed by atoms with Crippen LogP contribution in [0.15, 0.2) is 0 Å². The van der Waals surface area contributed by atoms with Gasteiger partial charge in [-0.3, -0.25) is 0 Å². The molecule has 92 valence electrons. The lowest BCUT2D eigenvalue weighted by Crippen LogP contribution is -2.46. The molecule has 1 saturated carbocycles. The summed E-state index contributed by atoms with van der Waals surface area (Å²) in [5.41, 5.74) is 0. The molecule has 1 fully saturated rings. The van der Waals surface area contributed by atoms with E-state index in [1.807, 2.05) is 0 Å². The van der Waals surface area contributed by atoms with Crippen LogP contribution in [-0.4, -0.2) is 41.4 Å². The first kappa shape index (κ1) is 12.8. The van der Waals surface area contributed by atoms with Gasteiger partial charge in [-0.2, -0.15) is 0 Å². The molecule has 0 radical (unpaired) electrons. The first-order valence-electron chi connectivity index (χ1n) is 5.42. The molecule has 0 bridgehead atoms. The molecule has 16 heavy (non-hydrogen) atoms. The fourth-order valence-electron chi connectivity index (χ4n) is 1.50. The lowest BCUT2D eigenvalue weighted by atomic mass is 10.2. The van der Waals surface area contributed by atoms with Gasteiger partial charge in [0.2, 0.25) is 0 Å². The monoisotopic (exact) mass is 230 g/mol. The van der Waals surface area contributed by atoms with Gasteiger partial charge in [-0.05, 0) is 18.3 Å². The second-order valence-corrected chi connectivity index (χ2v) is 4.23. The largest absolute Gasteiger partial charge is 0.480 e. The number of aliphatic carboxylic acids is 1. The minimum atomic E-state index is -1.14. The molecule has 3 atom stereocenters. The Morgan fingerprint density at radius 2 is 2.12 bits per heavy atom. The maximum atomic E-state index is 11.3. The second-order valence-electron chi connectivity index (χ2n) is 4.23. The third-order valence-electron chi connectivity index (χ3n) is 2.82. The van der Waals surface area contributed by atoms with Crippen LogP contribution in [0.3, 0.4) is 0 Å². The third-order valence-corrected chi connectivity index (χ3v) is 2.82. The van der Waals surface area contributed by atoms with Crippen LogP contribution < -0.4 is 10.6 Å². The smallest absolute Gasteiger partial charge is 0.326 e. The van der Waals surface area contributed by atoms with Crippen molar-refractivity contribution in [2.75, 3.05) is 13.2 Å². The fraction of sp³-hybridized carbons (Fsp3) is 0.800. The Morgan fingerprint density at radius 3 is 2.56 bits per heavy atom. The van der Waals surface area contributed by atoms with Gasteiger partial charge in [0.25, 0.3) is 0 Å². The van der Waals surface area contributed by atoms with Crippen molar-refractivity contribution in [1.29, 1.82) is 0 Å². The summed E-state index contributed by atoms with van der Waals surface area (Å²) in [5, 5.41) is 22.3. The molecule has 1 aliphatic rings. The van der Waals surface area contributed by atoms with E-state index in [0.29, 0.717) is 18.4 Å². The van der Waals surface area contributed by atoms with Crippen molar-refractivity contribution in [3.63, 3.8) is 0 Å². The average Bonchev–Trinajstić information content (AvgIpc) is 2.91. The van der Waals surface area contributed by atoms with Crippen molar-refractivity contribution in [3.8, 4) is 0 Å². The molecule has 1 aliphatic carbocycles. The van der Waals surface area contributed by atoms with Crippen LogP contribution in [0.25, 0.3) is 0 Å². The van der Waals surface area contributed by atoms with Crippen molar-refractivity contribution in [3.05, 3.63) is 0 Å². The van der Waals surface area contributed by atoms with Crippen molar-refractivity contribution in [1.82, 2.24) is 10.6 Å². The molecule has 0 heterocycles. The van der Waals surface area contributed by atoms with Gasteiger partial charge >= 0.3 is 12.0 Å². The molecule has 0 aromatic heterocycles. The first-order valence-corrected chi connectivity index (χ1v) is 5.42. The van der Waals surface area contributed by atoms with Gasteiger partial charge in [-0.25, -0.2) is 9.59 Å². The highest BCUT2D eigenvalue weighted by Crippen LogP contribution is 2.36. The molecule has 1 rings (SSSR count). The minimum absolute atomic E-state index is 0.0165. The van der Waals surface area contributed by atoms with E-state index in [0.717, 1.165) is 6.42 Å². The summed E-state index contributed by atoms with van der Waals surface area (Å²) in [5.74, 6) is 0.0314. The standard InChI is InChI=1S/C10H18N2O4/c1-6-4-7(6)5-11-10(16)12-8(2-3-13)9(14)15/h6-8,13H,2-5H2,1H3,(H,14,15)(H2,11,12,16)/t6?,7?,8-/m1/s1. The van der Waals surface area contributed by atoms with Crippen molar-refractivity contribution < 1.29 is 19.8 Å². The number of urea groups is 1. The van der Waals surface area contributed by atoms with Crippen LogP contribution in [0.5, 0.6) is 0 Å². The molecule has 0 aliphatic heterocycles. The highest BCUT2D eigenvalue weighted by atomic mass is 16.4. The summed E-state index contributed by atoms with van der Waals surface area (Å²) >= 11 is 0. The molecule has 0 aromatic carbocycles. The SMILES string of the molecule is CC1CC1CNC(=O)N[C@H](CCO)C(=O)O. The van der Waals surface area contributed by atoms with Crippen LogP contribution >= 0.6 is 0 Å². The van der Waals surface area contributed by atoms with Crippen molar-refractivity contribution in [2.45, 2.75) is 25.8 Å². The summed E-state index contributed by atoms with van der Waals surface area (Å²) < 4.78 is 0. The highest BCUT2D eigenvalue weighted by Gasteiger charge is 2.32. The maximum absolute atomic E-state index is 11.3. The predicted molar refractivity (Wildman–Crippen MR) is 56.9 cm³/mol. The Bertz CT molecular complexity index is 270. The van der Waals surface area contributed by atoms with Gasteiger partial charge in [0.15, 0.2) is 0 Å². The highest BCUT2D eigenvalue weighted by molar-refractivity contribution is 5.82. The van der Waals surface area contributed by atoms with E-state index in [1.165, 1.54) is 0 Å². The van der Waals surface area contributed by atoms with E-state index in [4.69, 9.17) is 10.2 Å². The zero-order valence-corrected chi connectivity index (χ0v) is 9.27. The number of hydrogen-bond acceptors (Lipinski definition) is 3. The predicted octanol–water partition coefficient (Wildman–Crippen LogP) is -0.223. The van der Waals surface area contributed by atoms with E-state index >= 15 is 0 Å². The Kier molecular flexibility index (Phi) is 4.54. The second kappa shape index (κ2) is 5.69. The summed E-state index contributed by atoms with van der Waals surface area (Å²) in [6.45, 7) is 2.42. The average molecular weight is 230 g/mol. The molecule has 2 amide bonds. The number of carbonyl (C=O) groups is 2. The van der Waals surface area contributed by atoms with E-state index in [9.17, 15) is 9.59 Å². The number of carboxylic acids is 1. The molecule has 4 N–H and O–H groups in total. The van der Waals surface area contributed by atoms with Crippen molar-refractivity contribution >= 4 is 12.0 Å². The van der Waals surface area contributed by atoms with Gasteiger partial charge in [0, 0.05) is 19.6 Å². The number of carbonyl (C=O) groups excluding carboxylic acids is 1. The lowest BCUT2D eigenvalue weighted by molar-refractivity contribution is -0.139. The summed E-state index contributed by atoms with van der Waals surface area (Å²) in [7, 11) is 0. The third kappa shape index (κ3) is 4.06. The Morgan fingerprint density at radius 1 is 1.50 bits per heavy atom. The molecular weight excluding hydrogens is 212 g/mol. The van der Waals surface area contributed by atoms with Crippen LogP contribution in [0.4, 0.5) is 4.79 Å². The molecule has 0 saturated heterocycles. The molecule has 6 heteroatoms.